The number of hydrogen-bond acceptors (Lipinski definition) is 4. The zero-order valence-corrected chi connectivity index (χ0v) is 18.2. The van der Waals surface area contributed by atoms with Crippen LogP contribution in [0.2, 0.25) is 0 Å². The quantitative estimate of drug-likeness (QED) is 0.370. The second-order valence-corrected chi connectivity index (χ2v) is 8.13. The normalized spacial score (nSPS) is 11.8. The largest absolute Gasteiger partial charge is 0.490 e. The molecule has 0 unspecified atom stereocenters. The van der Waals surface area contributed by atoms with Gasteiger partial charge in [-0.15, -0.1) is 0 Å². The highest BCUT2D eigenvalue weighted by molar-refractivity contribution is 9.10. The summed E-state index contributed by atoms with van der Waals surface area (Å²) in [5.74, 6) is 1.91. The summed E-state index contributed by atoms with van der Waals surface area (Å²) in [5.41, 5.74) is 4.59. The summed E-state index contributed by atoms with van der Waals surface area (Å²) in [5, 5.41) is 1.10. The van der Waals surface area contributed by atoms with Crippen LogP contribution in [0, 0.1) is 5.92 Å². The Bertz CT molecular complexity index is 1170. The number of rotatable bonds is 6. The van der Waals surface area contributed by atoms with Gasteiger partial charge < -0.3 is 14.0 Å². The van der Waals surface area contributed by atoms with Crippen LogP contribution in [0.1, 0.15) is 27.7 Å². The summed E-state index contributed by atoms with van der Waals surface area (Å²) in [6.07, 6.45) is 0. The molecular weight excluding hydrogens is 418 g/mol. The van der Waals surface area contributed by atoms with Crippen molar-refractivity contribution >= 4 is 49.0 Å². The van der Waals surface area contributed by atoms with Gasteiger partial charge in [0.2, 0.25) is 0 Å². The number of halogens is 1. The summed E-state index contributed by atoms with van der Waals surface area (Å²) >= 11 is 3.59. The van der Waals surface area contributed by atoms with Gasteiger partial charge in [0.05, 0.1) is 29.8 Å². The van der Waals surface area contributed by atoms with E-state index in [0.717, 1.165) is 44.1 Å². The molecule has 146 valence electrons. The van der Waals surface area contributed by atoms with E-state index in [2.05, 4.69) is 52.5 Å². The lowest BCUT2D eigenvalue weighted by molar-refractivity contribution is 0.288. The standard InChI is InChI=1S/C22H24BrN3O2/c1-5-27-19-10-16-17(11-20(19)28-6-2)25-22-21(24-16)15-9-14(23)7-8-18(15)26(22)12-13(3)4/h7-11,13H,5-6,12H2,1-4H3. The summed E-state index contributed by atoms with van der Waals surface area (Å²) in [7, 11) is 0. The first kappa shape index (κ1) is 19.0. The number of benzene rings is 2. The highest BCUT2D eigenvalue weighted by Gasteiger charge is 2.17. The van der Waals surface area contributed by atoms with Crippen molar-refractivity contribution in [2.45, 2.75) is 34.2 Å². The third-order valence-electron chi connectivity index (χ3n) is 4.62. The van der Waals surface area contributed by atoms with Crippen LogP contribution in [-0.2, 0) is 6.54 Å². The van der Waals surface area contributed by atoms with E-state index in [-0.39, 0.29) is 0 Å². The van der Waals surface area contributed by atoms with Crippen LogP contribution in [0.4, 0.5) is 0 Å². The molecule has 0 N–H and O–H groups in total. The van der Waals surface area contributed by atoms with Crippen LogP contribution in [0.3, 0.4) is 0 Å². The van der Waals surface area contributed by atoms with Crippen molar-refractivity contribution in [1.29, 1.82) is 0 Å². The minimum atomic E-state index is 0.499. The van der Waals surface area contributed by atoms with Gasteiger partial charge in [0.1, 0.15) is 5.52 Å². The molecule has 4 aromatic rings. The fourth-order valence-electron chi connectivity index (χ4n) is 3.56. The average molecular weight is 442 g/mol. The second kappa shape index (κ2) is 7.59. The van der Waals surface area contributed by atoms with E-state index in [1.54, 1.807) is 0 Å². The van der Waals surface area contributed by atoms with Crippen molar-refractivity contribution in [1.82, 2.24) is 14.5 Å². The van der Waals surface area contributed by atoms with E-state index >= 15 is 0 Å². The number of nitrogens with zero attached hydrogens (tertiary/aromatic N) is 3. The minimum absolute atomic E-state index is 0.499. The summed E-state index contributed by atoms with van der Waals surface area (Å²) in [4.78, 5) is 9.97. The molecule has 0 bridgehead atoms. The van der Waals surface area contributed by atoms with E-state index in [4.69, 9.17) is 19.4 Å². The second-order valence-electron chi connectivity index (χ2n) is 7.22. The Balaban J connectivity index is 2.05. The van der Waals surface area contributed by atoms with E-state index in [0.29, 0.717) is 30.6 Å². The van der Waals surface area contributed by atoms with Crippen LogP contribution >= 0.6 is 15.9 Å². The molecule has 0 amide bonds. The maximum absolute atomic E-state index is 5.77. The molecule has 28 heavy (non-hydrogen) atoms. The minimum Gasteiger partial charge on any atom is -0.490 e. The summed E-state index contributed by atoms with van der Waals surface area (Å²) in [6, 6.07) is 10.2. The Morgan fingerprint density at radius 3 is 2.21 bits per heavy atom. The predicted octanol–water partition coefficient (Wildman–Crippen LogP) is 5.95. The summed E-state index contributed by atoms with van der Waals surface area (Å²) < 4.78 is 14.8. The van der Waals surface area contributed by atoms with Crippen LogP contribution in [0.25, 0.3) is 33.1 Å². The van der Waals surface area contributed by atoms with Crippen LogP contribution in [-0.4, -0.2) is 27.7 Å². The highest BCUT2D eigenvalue weighted by atomic mass is 79.9. The lowest BCUT2D eigenvalue weighted by Crippen LogP contribution is -2.05. The number of aromatic nitrogens is 3. The molecule has 0 atom stereocenters. The van der Waals surface area contributed by atoms with Gasteiger partial charge in [-0.2, -0.15) is 0 Å². The Hall–Kier alpha value is -2.34. The molecule has 0 spiro atoms. The lowest BCUT2D eigenvalue weighted by Gasteiger charge is -2.12. The predicted molar refractivity (Wildman–Crippen MR) is 117 cm³/mol. The molecule has 0 aliphatic carbocycles. The number of hydrogen-bond donors (Lipinski definition) is 0. The molecule has 5 nitrogen and oxygen atoms in total. The molecule has 0 radical (unpaired) electrons. The molecule has 6 heteroatoms. The Morgan fingerprint density at radius 1 is 0.964 bits per heavy atom. The van der Waals surface area contributed by atoms with Crippen molar-refractivity contribution in [3.8, 4) is 11.5 Å². The van der Waals surface area contributed by atoms with Crippen LogP contribution in [0.15, 0.2) is 34.8 Å². The number of fused-ring (bicyclic) bond motifs is 4. The Morgan fingerprint density at radius 2 is 1.61 bits per heavy atom. The molecule has 4 rings (SSSR count). The smallest absolute Gasteiger partial charge is 0.163 e. The van der Waals surface area contributed by atoms with Crippen LogP contribution in [0.5, 0.6) is 11.5 Å². The van der Waals surface area contributed by atoms with Crippen molar-refractivity contribution in [2.75, 3.05) is 13.2 Å². The molecule has 2 aromatic carbocycles. The summed E-state index contributed by atoms with van der Waals surface area (Å²) in [6.45, 7) is 10.4. The van der Waals surface area contributed by atoms with Gasteiger partial charge in [0.15, 0.2) is 17.1 Å². The van der Waals surface area contributed by atoms with Crippen molar-refractivity contribution in [3.63, 3.8) is 0 Å². The maximum Gasteiger partial charge on any atom is 0.163 e. The molecule has 0 saturated heterocycles. The van der Waals surface area contributed by atoms with Gasteiger partial charge in [-0.25, -0.2) is 9.97 Å². The van der Waals surface area contributed by atoms with Crippen LogP contribution < -0.4 is 9.47 Å². The van der Waals surface area contributed by atoms with E-state index in [1.165, 1.54) is 0 Å². The fourth-order valence-corrected chi connectivity index (χ4v) is 3.92. The Kier molecular flexibility index (Phi) is 5.15. The lowest BCUT2D eigenvalue weighted by atomic mass is 10.2. The molecule has 2 heterocycles. The molecule has 0 aliphatic rings. The third-order valence-corrected chi connectivity index (χ3v) is 5.11. The van der Waals surface area contributed by atoms with Gasteiger partial charge in [0, 0.05) is 28.5 Å². The van der Waals surface area contributed by atoms with Gasteiger partial charge in [-0.1, -0.05) is 29.8 Å². The zero-order chi connectivity index (χ0) is 19.8. The fraction of sp³-hybridized carbons (Fsp3) is 0.364. The van der Waals surface area contributed by atoms with E-state index < -0.39 is 0 Å². The molecule has 0 aliphatic heterocycles. The molecule has 0 fully saturated rings. The van der Waals surface area contributed by atoms with Crippen molar-refractivity contribution in [2.24, 2.45) is 5.92 Å². The molecule has 2 aromatic heterocycles. The third kappa shape index (κ3) is 3.30. The first-order chi connectivity index (χ1) is 13.5. The topological polar surface area (TPSA) is 49.2 Å². The van der Waals surface area contributed by atoms with E-state index in [1.807, 2.05) is 26.0 Å². The first-order valence-electron chi connectivity index (χ1n) is 9.70. The monoisotopic (exact) mass is 441 g/mol. The van der Waals surface area contributed by atoms with Crippen molar-refractivity contribution < 1.29 is 9.47 Å². The molecular formula is C22H24BrN3O2. The van der Waals surface area contributed by atoms with E-state index in [9.17, 15) is 0 Å². The number of ether oxygens (including phenoxy) is 2. The van der Waals surface area contributed by atoms with Gasteiger partial charge in [-0.05, 0) is 38.0 Å². The highest BCUT2D eigenvalue weighted by Crippen LogP contribution is 2.35. The molecule has 0 saturated carbocycles. The maximum atomic E-state index is 5.77. The van der Waals surface area contributed by atoms with Gasteiger partial charge in [0.25, 0.3) is 0 Å². The average Bonchev–Trinajstić information content (AvgIpc) is 2.93. The first-order valence-corrected chi connectivity index (χ1v) is 10.5. The van der Waals surface area contributed by atoms with Gasteiger partial charge >= 0.3 is 0 Å². The Labute approximate surface area is 172 Å². The zero-order valence-electron chi connectivity index (χ0n) is 16.6. The van der Waals surface area contributed by atoms with Crippen molar-refractivity contribution in [3.05, 3.63) is 34.8 Å². The van der Waals surface area contributed by atoms with Gasteiger partial charge in [-0.3, -0.25) is 0 Å². The SMILES string of the molecule is CCOc1cc2nc3c4cc(Br)ccc4n(CC(C)C)c3nc2cc1OCC.